The van der Waals surface area contributed by atoms with E-state index in [9.17, 15) is 4.79 Å². The van der Waals surface area contributed by atoms with Crippen molar-refractivity contribution in [2.45, 2.75) is 39.0 Å². The fourth-order valence-corrected chi connectivity index (χ4v) is 1.18. The van der Waals surface area contributed by atoms with Gasteiger partial charge in [0.15, 0.2) is 0 Å². The molecule has 0 N–H and O–H groups in total. The molecule has 0 aromatic rings. The molecule has 0 heterocycles. The molecule has 0 unspecified atom stereocenters. The van der Waals surface area contributed by atoms with Gasteiger partial charge in [-0.25, -0.2) is 0 Å². The van der Waals surface area contributed by atoms with Crippen LogP contribution >= 0.6 is 0 Å². The zero-order valence-corrected chi connectivity index (χ0v) is 9.83. The first kappa shape index (κ1) is 14.2. The van der Waals surface area contributed by atoms with Crippen LogP contribution in [-0.4, -0.2) is 26.3 Å². The third-order valence-electron chi connectivity index (χ3n) is 2.06. The van der Waals surface area contributed by atoms with Gasteiger partial charge in [0.1, 0.15) is 0 Å². The Bertz CT molecular complexity index is 176. The summed E-state index contributed by atoms with van der Waals surface area (Å²) in [6.45, 7) is 3.46. The number of hydrogen-bond donors (Lipinski definition) is 0. The molecule has 0 atom stereocenters. The van der Waals surface area contributed by atoms with Gasteiger partial charge in [-0.3, -0.25) is 4.79 Å². The van der Waals surface area contributed by atoms with Crippen molar-refractivity contribution in [1.29, 1.82) is 0 Å². The van der Waals surface area contributed by atoms with Crippen LogP contribution in [0.3, 0.4) is 0 Å². The maximum Gasteiger partial charge on any atom is 0.305 e. The van der Waals surface area contributed by atoms with Crippen LogP contribution < -0.4 is 0 Å². The van der Waals surface area contributed by atoms with Crippen LogP contribution in [0.2, 0.25) is 0 Å². The second-order valence-corrected chi connectivity index (χ2v) is 3.31. The van der Waals surface area contributed by atoms with Crippen molar-refractivity contribution in [2.75, 3.05) is 20.3 Å². The lowest BCUT2D eigenvalue weighted by atomic mass is 10.1. The van der Waals surface area contributed by atoms with E-state index in [-0.39, 0.29) is 5.97 Å². The monoisotopic (exact) mass is 214 g/mol. The number of methoxy groups -OCH3 is 1. The van der Waals surface area contributed by atoms with E-state index in [0.29, 0.717) is 13.0 Å². The predicted octanol–water partition coefficient (Wildman–Crippen LogP) is 2.70. The smallest absolute Gasteiger partial charge is 0.305 e. The number of carbonyl (C=O) groups excluding carboxylic acids is 1. The van der Waals surface area contributed by atoms with Crippen LogP contribution in [0.5, 0.6) is 0 Å². The van der Waals surface area contributed by atoms with Crippen molar-refractivity contribution >= 4 is 5.97 Å². The summed E-state index contributed by atoms with van der Waals surface area (Å²) in [5, 5.41) is 0. The number of allylic oxidation sites excluding steroid dienone is 1. The largest absolute Gasteiger partial charge is 0.469 e. The zero-order valence-electron chi connectivity index (χ0n) is 9.83. The summed E-state index contributed by atoms with van der Waals surface area (Å²) in [5.74, 6) is -0.109. The molecular weight excluding hydrogens is 192 g/mol. The summed E-state index contributed by atoms with van der Waals surface area (Å²) >= 11 is 0. The van der Waals surface area contributed by atoms with Gasteiger partial charge in [0, 0.05) is 13.0 Å². The van der Waals surface area contributed by atoms with Crippen LogP contribution in [0.15, 0.2) is 12.2 Å². The quantitative estimate of drug-likeness (QED) is 0.336. The molecule has 0 amide bonds. The van der Waals surface area contributed by atoms with Crippen LogP contribution in [0.25, 0.3) is 0 Å². The molecule has 0 aromatic heterocycles. The Hall–Kier alpha value is -0.830. The molecule has 0 aliphatic heterocycles. The van der Waals surface area contributed by atoms with Gasteiger partial charge >= 0.3 is 5.97 Å². The lowest BCUT2D eigenvalue weighted by Crippen LogP contribution is -1.98. The minimum atomic E-state index is -0.109. The highest BCUT2D eigenvalue weighted by Crippen LogP contribution is 2.04. The van der Waals surface area contributed by atoms with Crippen LogP contribution in [0.4, 0.5) is 0 Å². The molecule has 0 bridgehead atoms. The van der Waals surface area contributed by atoms with Crippen molar-refractivity contribution in [3.05, 3.63) is 12.2 Å². The lowest BCUT2D eigenvalue weighted by molar-refractivity contribution is -0.140. The van der Waals surface area contributed by atoms with E-state index in [1.165, 1.54) is 7.11 Å². The number of carbonyl (C=O) groups is 1. The summed E-state index contributed by atoms with van der Waals surface area (Å²) in [4.78, 5) is 10.8. The van der Waals surface area contributed by atoms with Gasteiger partial charge < -0.3 is 9.47 Å². The number of rotatable bonds is 9. The van der Waals surface area contributed by atoms with Crippen LogP contribution in [0, 0.1) is 0 Å². The van der Waals surface area contributed by atoms with Crippen molar-refractivity contribution in [3.63, 3.8) is 0 Å². The molecule has 0 saturated carbocycles. The Balaban J connectivity index is 3.11. The molecule has 3 nitrogen and oxygen atoms in total. The Morgan fingerprint density at radius 2 is 2.00 bits per heavy atom. The number of esters is 1. The van der Waals surface area contributed by atoms with Gasteiger partial charge in [-0.1, -0.05) is 18.6 Å². The first-order valence-corrected chi connectivity index (χ1v) is 5.60. The molecule has 0 saturated heterocycles. The van der Waals surface area contributed by atoms with Crippen molar-refractivity contribution in [2.24, 2.45) is 0 Å². The Kier molecular flexibility index (Phi) is 10.6. The highest BCUT2D eigenvalue weighted by Gasteiger charge is 1.97. The summed E-state index contributed by atoms with van der Waals surface area (Å²) in [6, 6.07) is 0. The first-order valence-electron chi connectivity index (χ1n) is 5.60. The number of hydrogen-bond acceptors (Lipinski definition) is 3. The van der Waals surface area contributed by atoms with E-state index >= 15 is 0 Å². The van der Waals surface area contributed by atoms with Gasteiger partial charge in [0.25, 0.3) is 0 Å². The highest BCUT2D eigenvalue weighted by molar-refractivity contribution is 5.68. The molecule has 0 aliphatic rings. The second kappa shape index (κ2) is 11.2. The van der Waals surface area contributed by atoms with E-state index < -0.39 is 0 Å². The van der Waals surface area contributed by atoms with Crippen molar-refractivity contribution in [3.8, 4) is 0 Å². The maximum absolute atomic E-state index is 10.8. The third kappa shape index (κ3) is 11.1. The average molecular weight is 214 g/mol. The van der Waals surface area contributed by atoms with Crippen LogP contribution in [0.1, 0.15) is 39.0 Å². The molecular formula is C12H22O3. The van der Waals surface area contributed by atoms with E-state index in [4.69, 9.17) is 4.74 Å². The Morgan fingerprint density at radius 3 is 2.67 bits per heavy atom. The van der Waals surface area contributed by atoms with E-state index in [0.717, 1.165) is 32.3 Å². The van der Waals surface area contributed by atoms with E-state index in [1.807, 2.05) is 13.0 Å². The maximum atomic E-state index is 10.8. The predicted molar refractivity (Wildman–Crippen MR) is 60.7 cm³/mol. The second-order valence-electron chi connectivity index (χ2n) is 3.31. The molecule has 88 valence electrons. The molecule has 3 heteroatoms. The van der Waals surface area contributed by atoms with Crippen molar-refractivity contribution in [1.82, 2.24) is 0 Å². The molecule has 0 rings (SSSR count). The van der Waals surface area contributed by atoms with Gasteiger partial charge in [-0.15, -0.1) is 0 Å². The molecule has 0 aromatic carbocycles. The topological polar surface area (TPSA) is 35.5 Å². The molecule has 0 spiro atoms. The third-order valence-corrected chi connectivity index (χ3v) is 2.06. The summed E-state index contributed by atoms with van der Waals surface area (Å²) in [5.41, 5.74) is 0. The average Bonchev–Trinajstić information content (AvgIpc) is 2.26. The first-order chi connectivity index (χ1) is 7.31. The van der Waals surface area contributed by atoms with Gasteiger partial charge in [-0.05, 0) is 26.2 Å². The van der Waals surface area contributed by atoms with E-state index in [2.05, 4.69) is 10.8 Å². The minimum absolute atomic E-state index is 0.109. The van der Waals surface area contributed by atoms with Gasteiger partial charge in [0.05, 0.1) is 13.7 Å². The molecule has 0 radical (unpaired) electrons. The SMILES string of the molecule is CCOC/C=C/CCCCCC(=O)OC. The Labute approximate surface area is 92.5 Å². The number of unbranched alkanes of at least 4 members (excludes halogenated alkanes) is 3. The van der Waals surface area contributed by atoms with Gasteiger partial charge in [0.2, 0.25) is 0 Å². The van der Waals surface area contributed by atoms with Crippen molar-refractivity contribution < 1.29 is 14.3 Å². The Morgan fingerprint density at radius 1 is 1.20 bits per heavy atom. The molecule has 0 fully saturated rings. The summed E-state index contributed by atoms with van der Waals surface area (Å²) in [7, 11) is 1.43. The highest BCUT2D eigenvalue weighted by atomic mass is 16.5. The minimum Gasteiger partial charge on any atom is -0.469 e. The normalized spacial score (nSPS) is 10.8. The summed E-state index contributed by atoms with van der Waals surface area (Å²) < 4.78 is 9.71. The molecule has 0 aliphatic carbocycles. The fourth-order valence-electron chi connectivity index (χ4n) is 1.18. The molecule has 15 heavy (non-hydrogen) atoms. The van der Waals surface area contributed by atoms with Crippen LogP contribution in [-0.2, 0) is 14.3 Å². The standard InChI is InChI=1S/C12H22O3/c1-3-15-11-9-7-5-4-6-8-10-12(13)14-2/h7,9H,3-6,8,10-11H2,1-2H3/b9-7+. The van der Waals surface area contributed by atoms with E-state index in [1.54, 1.807) is 0 Å². The lowest BCUT2D eigenvalue weighted by Gasteiger charge is -1.98. The summed E-state index contributed by atoms with van der Waals surface area (Å²) in [6.07, 6.45) is 8.91. The fraction of sp³-hybridized carbons (Fsp3) is 0.750. The zero-order chi connectivity index (χ0) is 11.4. The van der Waals surface area contributed by atoms with Gasteiger partial charge in [-0.2, -0.15) is 0 Å². The number of ether oxygens (including phenoxy) is 2.